The quantitative estimate of drug-likeness (QED) is 0.895. The van der Waals surface area contributed by atoms with Crippen molar-refractivity contribution in [2.24, 2.45) is 5.92 Å². The summed E-state index contributed by atoms with van der Waals surface area (Å²) in [5.41, 5.74) is 2.02. The Kier molecular flexibility index (Phi) is 5.21. The highest BCUT2D eigenvalue weighted by molar-refractivity contribution is 5.98. The second-order valence-corrected chi connectivity index (χ2v) is 6.46. The lowest BCUT2D eigenvalue weighted by Gasteiger charge is -2.17. The maximum absolute atomic E-state index is 13.8. The molecule has 0 spiro atoms. The first-order chi connectivity index (χ1) is 12.5. The molecule has 1 fully saturated rings. The van der Waals surface area contributed by atoms with Gasteiger partial charge in [0.1, 0.15) is 11.6 Å². The van der Waals surface area contributed by atoms with Crippen molar-refractivity contribution in [2.45, 2.75) is 19.9 Å². The van der Waals surface area contributed by atoms with Crippen LogP contribution in [0, 0.1) is 18.7 Å². The number of aryl methyl sites for hydroxylation is 1. The molecular weight excluding hydrogens is 335 g/mol. The molecule has 0 bridgehead atoms. The molecule has 1 atom stereocenters. The second-order valence-electron chi connectivity index (χ2n) is 6.46. The predicted octanol–water partition coefficient (Wildman–Crippen LogP) is 3.13. The first-order valence-corrected chi connectivity index (χ1v) is 8.44. The highest BCUT2D eigenvalue weighted by Gasteiger charge is 2.34. The lowest BCUT2D eigenvalue weighted by molar-refractivity contribution is -0.128. The average Bonchev–Trinajstić information content (AvgIpc) is 2.98. The van der Waals surface area contributed by atoms with Crippen LogP contribution in [0.3, 0.4) is 0 Å². The summed E-state index contributed by atoms with van der Waals surface area (Å²) in [4.78, 5) is 26.3. The number of ether oxygens (including phenoxy) is 1. The average molecular weight is 356 g/mol. The summed E-state index contributed by atoms with van der Waals surface area (Å²) in [6.07, 6.45) is 0.119. The Morgan fingerprint density at radius 2 is 2.08 bits per heavy atom. The molecule has 3 rings (SSSR count). The van der Waals surface area contributed by atoms with Crippen LogP contribution in [-0.4, -0.2) is 30.4 Å². The molecule has 2 aromatic carbocycles. The molecule has 1 saturated heterocycles. The van der Waals surface area contributed by atoms with Crippen molar-refractivity contribution >= 4 is 17.5 Å². The topological polar surface area (TPSA) is 58.6 Å². The van der Waals surface area contributed by atoms with Crippen molar-refractivity contribution in [1.82, 2.24) is 4.90 Å². The van der Waals surface area contributed by atoms with E-state index in [0.717, 1.165) is 5.56 Å². The van der Waals surface area contributed by atoms with Gasteiger partial charge in [0, 0.05) is 25.1 Å². The fourth-order valence-corrected chi connectivity index (χ4v) is 3.09. The highest BCUT2D eigenvalue weighted by Crippen LogP contribution is 2.28. The van der Waals surface area contributed by atoms with Gasteiger partial charge in [-0.1, -0.05) is 24.3 Å². The highest BCUT2D eigenvalue weighted by atomic mass is 19.1. The molecular formula is C20H21FN2O3. The van der Waals surface area contributed by atoms with Crippen molar-refractivity contribution < 1.29 is 18.7 Å². The number of benzene rings is 2. The zero-order valence-electron chi connectivity index (χ0n) is 14.8. The van der Waals surface area contributed by atoms with Crippen LogP contribution in [0.2, 0.25) is 0 Å². The minimum Gasteiger partial charge on any atom is -0.495 e. The number of likely N-dealkylation sites (tertiary alicyclic amines) is 1. The van der Waals surface area contributed by atoms with Crippen LogP contribution in [0.25, 0.3) is 0 Å². The summed E-state index contributed by atoms with van der Waals surface area (Å²) in [5, 5.41) is 2.84. The van der Waals surface area contributed by atoms with Gasteiger partial charge in [-0.05, 0) is 30.7 Å². The van der Waals surface area contributed by atoms with E-state index in [4.69, 9.17) is 4.74 Å². The zero-order valence-corrected chi connectivity index (χ0v) is 14.8. The lowest BCUT2D eigenvalue weighted by Crippen LogP contribution is -2.28. The molecule has 0 aliphatic carbocycles. The van der Waals surface area contributed by atoms with Gasteiger partial charge in [-0.2, -0.15) is 0 Å². The summed E-state index contributed by atoms with van der Waals surface area (Å²) in [6.45, 7) is 2.36. The minimum atomic E-state index is -0.473. The predicted molar refractivity (Wildman–Crippen MR) is 96.3 cm³/mol. The number of rotatable bonds is 5. The number of amides is 2. The summed E-state index contributed by atoms with van der Waals surface area (Å²) in [5.74, 6) is -0.642. The number of nitrogens with one attached hydrogen (secondary N) is 1. The van der Waals surface area contributed by atoms with E-state index in [1.165, 1.54) is 18.1 Å². The third-order valence-corrected chi connectivity index (χ3v) is 4.52. The Morgan fingerprint density at radius 3 is 2.81 bits per heavy atom. The summed E-state index contributed by atoms with van der Waals surface area (Å²) < 4.78 is 19.1. The fourth-order valence-electron chi connectivity index (χ4n) is 3.09. The Balaban J connectivity index is 1.68. The van der Waals surface area contributed by atoms with Gasteiger partial charge in [0.05, 0.1) is 18.7 Å². The van der Waals surface area contributed by atoms with Crippen LogP contribution in [0.5, 0.6) is 5.75 Å². The van der Waals surface area contributed by atoms with Gasteiger partial charge >= 0.3 is 0 Å². The number of hydrogen-bond acceptors (Lipinski definition) is 3. The van der Waals surface area contributed by atoms with E-state index < -0.39 is 5.92 Å². The second kappa shape index (κ2) is 7.56. The number of halogens is 1. The van der Waals surface area contributed by atoms with Gasteiger partial charge in [-0.15, -0.1) is 0 Å². The van der Waals surface area contributed by atoms with Crippen LogP contribution < -0.4 is 10.1 Å². The standard InChI is InChI=1S/C20H21FN2O3/c1-13-7-8-18(26-2)17(9-13)22-20(25)15-10-19(24)23(12-15)11-14-5-3-4-6-16(14)21/h3-9,15H,10-12H2,1-2H3,(H,22,25). The Morgan fingerprint density at radius 1 is 1.31 bits per heavy atom. The number of methoxy groups -OCH3 is 1. The third kappa shape index (κ3) is 3.85. The van der Waals surface area contributed by atoms with E-state index in [2.05, 4.69) is 5.32 Å². The smallest absolute Gasteiger partial charge is 0.229 e. The number of carbonyl (C=O) groups excluding carboxylic acids is 2. The lowest BCUT2D eigenvalue weighted by atomic mass is 10.1. The Bertz CT molecular complexity index is 838. The number of carbonyl (C=O) groups is 2. The molecule has 1 aliphatic rings. The summed E-state index contributed by atoms with van der Waals surface area (Å²) in [7, 11) is 1.54. The number of anilines is 1. The molecule has 2 aromatic rings. The van der Waals surface area contributed by atoms with Crippen LogP contribution in [0.15, 0.2) is 42.5 Å². The maximum Gasteiger partial charge on any atom is 0.229 e. The van der Waals surface area contributed by atoms with Crippen molar-refractivity contribution in [3.63, 3.8) is 0 Å². The SMILES string of the molecule is COc1ccc(C)cc1NC(=O)C1CC(=O)N(Cc2ccccc2F)C1. The van der Waals surface area contributed by atoms with Crippen molar-refractivity contribution in [3.8, 4) is 5.75 Å². The van der Waals surface area contributed by atoms with Gasteiger partial charge in [0.2, 0.25) is 11.8 Å². The Labute approximate surface area is 151 Å². The Hall–Kier alpha value is -2.89. The summed E-state index contributed by atoms with van der Waals surface area (Å²) >= 11 is 0. The van der Waals surface area contributed by atoms with Crippen LogP contribution in [-0.2, 0) is 16.1 Å². The molecule has 1 heterocycles. The fraction of sp³-hybridized carbons (Fsp3) is 0.300. The maximum atomic E-state index is 13.8. The molecule has 0 aromatic heterocycles. The molecule has 0 saturated carbocycles. The van der Waals surface area contributed by atoms with Gasteiger partial charge in [0.15, 0.2) is 0 Å². The van der Waals surface area contributed by atoms with Crippen LogP contribution in [0.4, 0.5) is 10.1 Å². The molecule has 0 radical (unpaired) electrons. The zero-order chi connectivity index (χ0) is 18.7. The number of hydrogen-bond donors (Lipinski definition) is 1. The van der Waals surface area contributed by atoms with Gasteiger partial charge in [-0.25, -0.2) is 4.39 Å². The largest absolute Gasteiger partial charge is 0.495 e. The van der Waals surface area contributed by atoms with E-state index >= 15 is 0 Å². The van der Waals surface area contributed by atoms with E-state index in [1.807, 2.05) is 19.1 Å². The molecule has 1 aliphatic heterocycles. The molecule has 1 unspecified atom stereocenters. The normalized spacial score (nSPS) is 16.7. The molecule has 1 N–H and O–H groups in total. The van der Waals surface area contributed by atoms with Crippen LogP contribution >= 0.6 is 0 Å². The van der Waals surface area contributed by atoms with Gasteiger partial charge in [0.25, 0.3) is 0 Å². The van der Waals surface area contributed by atoms with E-state index in [1.54, 1.807) is 24.3 Å². The minimum absolute atomic E-state index is 0.119. The molecule has 2 amide bonds. The van der Waals surface area contributed by atoms with E-state index in [9.17, 15) is 14.0 Å². The first kappa shape index (κ1) is 17.9. The molecule has 26 heavy (non-hydrogen) atoms. The third-order valence-electron chi connectivity index (χ3n) is 4.52. The van der Waals surface area contributed by atoms with Crippen molar-refractivity contribution in [3.05, 3.63) is 59.4 Å². The van der Waals surface area contributed by atoms with Gasteiger partial charge in [-0.3, -0.25) is 9.59 Å². The first-order valence-electron chi connectivity index (χ1n) is 8.44. The van der Waals surface area contributed by atoms with Crippen LogP contribution in [0.1, 0.15) is 17.5 Å². The molecule has 136 valence electrons. The molecule has 5 nitrogen and oxygen atoms in total. The number of nitrogens with zero attached hydrogens (tertiary/aromatic N) is 1. The monoisotopic (exact) mass is 356 g/mol. The van der Waals surface area contributed by atoms with E-state index in [0.29, 0.717) is 17.0 Å². The summed E-state index contributed by atoms with van der Waals surface area (Å²) in [6, 6.07) is 11.9. The van der Waals surface area contributed by atoms with Crippen molar-refractivity contribution in [1.29, 1.82) is 0 Å². The molecule has 6 heteroatoms. The van der Waals surface area contributed by atoms with Gasteiger partial charge < -0.3 is 15.0 Å². The van der Waals surface area contributed by atoms with Crippen molar-refractivity contribution in [2.75, 3.05) is 19.0 Å². The van der Waals surface area contributed by atoms with E-state index in [-0.39, 0.29) is 37.1 Å².